The Morgan fingerprint density at radius 2 is 1.79 bits per heavy atom. The van der Waals surface area contributed by atoms with Crippen molar-refractivity contribution < 1.29 is 0 Å². The van der Waals surface area contributed by atoms with Gasteiger partial charge < -0.3 is 4.90 Å². The molecule has 4 aromatic rings. The quantitative estimate of drug-likeness (QED) is 0.588. The largest absolute Gasteiger partial charge is 0.355 e. The summed E-state index contributed by atoms with van der Waals surface area (Å²) in [5, 5.41) is 8.47. The number of piperidine rings is 1. The van der Waals surface area contributed by atoms with E-state index >= 15 is 0 Å². The Labute approximate surface area is 163 Å². The average molecular weight is 370 g/mol. The minimum Gasteiger partial charge on any atom is -0.355 e. The topological polar surface area (TPSA) is 70.6 Å². The van der Waals surface area contributed by atoms with Crippen molar-refractivity contribution in [3.8, 4) is 11.4 Å². The smallest absolute Gasteiger partial charge is 0.162 e. The molecular weight excluding hydrogens is 348 g/mol. The zero-order chi connectivity index (χ0) is 18.9. The molecule has 6 heteroatoms. The lowest BCUT2D eigenvalue weighted by molar-refractivity contribution is 0.490. The minimum atomic E-state index is 0.313. The SMILES string of the molecule is Cc1nc(C2CCCN(c3nc(-c4ccccc4)nc4ccccc34)C2)n[nH]1. The molecule has 2 aromatic heterocycles. The van der Waals surface area contributed by atoms with Crippen molar-refractivity contribution in [1.82, 2.24) is 25.1 Å². The van der Waals surface area contributed by atoms with Gasteiger partial charge in [0, 0.05) is 30.0 Å². The van der Waals surface area contributed by atoms with E-state index in [0.717, 1.165) is 65.7 Å². The van der Waals surface area contributed by atoms with Gasteiger partial charge in [0.15, 0.2) is 11.6 Å². The Hall–Kier alpha value is -3.28. The van der Waals surface area contributed by atoms with Crippen LogP contribution < -0.4 is 4.90 Å². The van der Waals surface area contributed by atoms with E-state index in [2.05, 4.69) is 50.4 Å². The van der Waals surface area contributed by atoms with Crippen LogP contribution in [0.1, 0.15) is 30.4 Å². The van der Waals surface area contributed by atoms with Crippen molar-refractivity contribution in [2.45, 2.75) is 25.7 Å². The lowest BCUT2D eigenvalue weighted by Gasteiger charge is -2.33. The summed E-state index contributed by atoms with van der Waals surface area (Å²) in [4.78, 5) is 16.7. The second kappa shape index (κ2) is 7.03. The van der Waals surface area contributed by atoms with Gasteiger partial charge >= 0.3 is 0 Å². The molecule has 2 aromatic carbocycles. The number of anilines is 1. The van der Waals surface area contributed by atoms with Gasteiger partial charge in [0.05, 0.1) is 5.52 Å². The molecule has 3 heterocycles. The molecule has 1 atom stereocenters. The molecule has 1 aliphatic rings. The monoisotopic (exact) mass is 370 g/mol. The third-order valence-corrected chi connectivity index (χ3v) is 5.32. The summed E-state index contributed by atoms with van der Waals surface area (Å²) < 4.78 is 0. The summed E-state index contributed by atoms with van der Waals surface area (Å²) in [7, 11) is 0. The number of H-pyrrole nitrogens is 1. The number of benzene rings is 2. The number of hydrogen-bond acceptors (Lipinski definition) is 5. The normalized spacial score (nSPS) is 17.2. The maximum atomic E-state index is 4.99. The van der Waals surface area contributed by atoms with Gasteiger partial charge in [-0.1, -0.05) is 42.5 Å². The molecule has 0 spiro atoms. The number of para-hydroxylation sites is 1. The molecule has 1 aliphatic heterocycles. The zero-order valence-corrected chi connectivity index (χ0v) is 15.8. The zero-order valence-electron chi connectivity index (χ0n) is 15.8. The Morgan fingerprint density at radius 3 is 2.61 bits per heavy atom. The Bertz CT molecular complexity index is 1100. The first-order valence-electron chi connectivity index (χ1n) is 9.74. The molecule has 5 rings (SSSR count). The fourth-order valence-electron chi connectivity index (χ4n) is 3.94. The van der Waals surface area contributed by atoms with Gasteiger partial charge in [-0.2, -0.15) is 5.10 Å². The first kappa shape index (κ1) is 16.9. The van der Waals surface area contributed by atoms with Crippen molar-refractivity contribution >= 4 is 16.7 Å². The standard InChI is InChI=1S/C22H22N6/c1-15-23-21(27-26-15)17-10-7-13-28(14-17)22-18-11-5-6-12-19(18)24-20(25-22)16-8-3-2-4-9-16/h2-6,8-9,11-12,17H,7,10,13-14H2,1H3,(H,23,26,27). The second-order valence-corrected chi connectivity index (χ2v) is 7.32. The van der Waals surface area contributed by atoms with Crippen molar-refractivity contribution in [2.24, 2.45) is 0 Å². The first-order valence-corrected chi connectivity index (χ1v) is 9.74. The molecular formula is C22H22N6. The molecule has 140 valence electrons. The number of aryl methyl sites for hydroxylation is 1. The summed E-state index contributed by atoms with van der Waals surface area (Å²) in [6, 6.07) is 18.4. The molecule has 1 fully saturated rings. The second-order valence-electron chi connectivity index (χ2n) is 7.32. The highest BCUT2D eigenvalue weighted by Crippen LogP contribution is 2.32. The number of aromatic amines is 1. The van der Waals surface area contributed by atoms with Gasteiger partial charge in [0.1, 0.15) is 11.6 Å². The summed E-state index contributed by atoms with van der Waals surface area (Å²) in [6.07, 6.45) is 2.19. The molecule has 0 radical (unpaired) electrons. The number of hydrogen-bond donors (Lipinski definition) is 1. The van der Waals surface area contributed by atoms with Crippen LogP contribution in [0.2, 0.25) is 0 Å². The highest BCUT2D eigenvalue weighted by molar-refractivity contribution is 5.91. The number of nitrogens with zero attached hydrogens (tertiary/aromatic N) is 5. The Kier molecular flexibility index (Phi) is 4.24. The minimum absolute atomic E-state index is 0.313. The van der Waals surface area contributed by atoms with E-state index in [4.69, 9.17) is 9.97 Å². The van der Waals surface area contributed by atoms with E-state index in [-0.39, 0.29) is 0 Å². The van der Waals surface area contributed by atoms with E-state index in [1.807, 2.05) is 31.2 Å². The van der Waals surface area contributed by atoms with Gasteiger partial charge in [-0.15, -0.1) is 0 Å². The van der Waals surface area contributed by atoms with Crippen LogP contribution in [0, 0.1) is 6.92 Å². The fraction of sp³-hybridized carbons (Fsp3) is 0.273. The van der Waals surface area contributed by atoms with Crippen molar-refractivity contribution in [3.63, 3.8) is 0 Å². The van der Waals surface area contributed by atoms with Gasteiger partial charge in [0.2, 0.25) is 0 Å². The van der Waals surface area contributed by atoms with Gasteiger partial charge in [-0.3, -0.25) is 5.10 Å². The molecule has 1 saturated heterocycles. The average Bonchev–Trinajstić information content (AvgIpc) is 3.20. The van der Waals surface area contributed by atoms with Crippen LogP contribution >= 0.6 is 0 Å². The summed E-state index contributed by atoms with van der Waals surface area (Å²) in [5.74, 6) is 3.86. The van der Waals surface area contributed by atoms with Gasteiger partial charge in [-0.05, 0) is 31.9 Å². The highest BCUT2D eigenvalue weighted by atomic mass is 15.2. The molecule has 0 bridgehead atoms. The van der Waals surface area contributed by atoms with Crippen LogP contribution in [0.4, 0.5) is 5.82 Å². The molecule has 28 heavy (non-hydrogen) atoms. The lowest BCUT2D eigenvalue weighted by atomic mass is 9.97. The van der Waals surface area contributed by atoms with Crippen LogP contribution in [0.25, 0.3) is 22.3 Å². The van der Waals surface area contributed by atoms with Crippen LogP contribution in [0.3, 0.4) is 0 Å². The Morgan fingerprint density at radius 1 is 0.964 bits per heavy atom. The molecule has 6 nitrogen and oxygen atoms in total. The third-order valence-electron chi connectivity index (χ3n) is 5.32. The van der Waals surface area contributed by atoms with Gasteiger partial charge in [-0.25, -0.2) is 15.0 Å². The van der Waals surface area contributed by atoms with E-state index in [0.29, 0.717) is 5.92 Å². The van der Waals surface area contributed by atoms with Crippen molar-refractivity contribution in [3.05, 3.63) is 66.2 Å². The van der Waals surface area contributed by atoms with E-state index < -0.39 is 0 Å². The molecule has 1 unspecified atom stereocenters. The maximum Gasteiger partial charge on any atom is 0.162 e. The fourth-order valence-corrected chi connectivity index (χ4v) is 3.94. The predicted octanol–water partition coefficient (Wildman–Crippen LogP) is 4.11. The van der Waals surface area contributed by atoms with Gasteiger partial charge in [0.25, 0.3) is 0 Å². The van der Waals surface area contributed by atoms with E-state index in [1.54, 1.807) is 0 Å². The van der Waals surface area contributed by atoms with Crippen molar-refractivity contribution in [1.29, 1.82) is 0 Å². The lowest BCUT2D eigenvalue weighted by Crippen LogP contribution is -2.35. The Balaban J connectivity index is 1.57. The molecule has 0 saturated carbocycles. The number of aromatic nitrogens is 5. The molecule has 1 N–H and O–H groups in total. The number of fused-ring (bicyclic) bond motifs is 1. The summed E-state index contributed by atoms with van der Waals surface area (Å²) in [5.41, 5.74) is 2.01. The van der Waals surface area contributed by atoms with Crippen LogP contribution in [0.15, 0.2) is 54.6 Å². The summed E-state index contributed by atoms with van der Waals surface area (Å²) >= 11 is 0. The van der Waals surface area contributed by atoms with Crippen molar-refractivity contribution in [2.75, 3.05) is 18.0 Å². The first-order chi connectivity index (χ1) is 13.8. The molecule has 0 amide bonds. The highest BCUT2D eigenvalue weighted by Gasteiger charge is 2.26. The van der Waals surface area contributed by atoms with Crippen LogP contribution in [-0.4, -0.2) is 38.2 Å². The molecule has 0 aliphatic carbocycles. The summed E-state index contributed by atoms with van der Waals surface area (Å²) in [6.45, 7) is 3.79. The predicted molar refractivity (Wildman–Crippen MR) is 110 cm³/mol. The number of nitrogens with one attached hydrogen (secondary N) is 1. The number of rotatable bonds is 3. The van der Waals surface area contributed by atoms with E-state index in [9.17, 15) is 0 Å². The third kappa shape index (κ3) is 3.11. The van der Waals surface area contributed by atoms with Crippen LogP contribution in [0.5, 0.6) is 0 Å². The van der Waals surface area contributed by atoms with Crippen LogP contribution in [-0.2, 0) is 0 Å². The van der Waals surface area contributed by atoms with E-state index in [1.165, 1.54) is 0 Å². The maximum absolute atomic E-state index is 4.99.